The maximum absolute atomic E-state index is 5.69. The first-order valence-corrected chi connectivity index (χ1v) is 6.93. The van der Waals surface area contributed by atoms with E-state index in [4.69, 9.17) is 15.2 Å². The molecule has 0 amide bonds. The van der Waals surface area contributed by atoms with Crippen molar-refractivity contribution in [3.63, 3.8) is 0 Å². The Hall–Kier alpha value is -0.690. The molecule has 104 valence electrons. The maximum Gasteiger partial charge on any atom is 0.185 e. The van der Waals surface area contributed by atoms with E-state index in [1.165, 1.54) is 0 Å². The fourth-order valence-corrected chi connectivity index (χ4v) is 2.63. The number of aromatic nitrogens is 1. The molecule has 0 bridgehead atoms. The summed E-state index contributed by atoms with van der Waals surface area (Å²) in [5.41, 5.74) is 6.73. The first kappa shape index (κ1) is 15.4. The summed E-state index contributed by atoms with van der Waals surface area (Å²) < 4.78 is 10.2. The third kappa shape index (κ3) is 4.53. The minimum atomic E-state index is 0.555. The molecule has 0 aliphatic carbocycles. The lowest BCUT2D eigenvalue weighted by Gasteiger charge is -2.21. The number of thiazole rings is 1. The highest BCUT2D eigenvalue weighted by Crippen LogP contribution is 2.25. The normalized spacial score (nSPS) is 10.9. The van der Waals surface area contributed by atoms with Crippen molar-refractivity contribution in [2.45, 2.75) is 19.9 Å². The molecule has 0 radical (unpaired) electrons. The third-order valence-electron chi connectivity index (χ3n) is 2.68. The van der Waals surface area contributed by atoms with E-state index in [9.17, 15) is 0 Å². The SMILES string of the molecule is COCCCN(CCOC)c1nc(C)c(CN)s1. The first-order valence-electron chi connectivity index (χ1n) is 6.12. The lowest BCUT2D eigenvalue weighted by atomic mass is 10.4. The lowest BCUT2D eigenvalue weighted by Crippen LogP contribution is -2.28. The second kappa shape index (κ2) is 8.42. The predicted octanol–water partition coefficient (Wildman–Crippen LogP) is 1.40. The molecule has 0 saturated carbocycles. The minimum Gasteiger partial charge on any atom is -0.385 e. The zero-order valence-electron chi connectivity index (χ0n) is 11.4. The molecule has 1 rings (SSSR count). The monoisotopic (exact) mass is 273 g/mol. The molecule has 5 nitrogen and oxygen atoms in total. The van der Waals surface area contributed by atoms with E-state index in [0.29, 0.717) is 13.2 Å². The molecule has 0 aliphatic rings. The van der Waals surface area contributed by atoms with Gasteiger partial charge in [0, 0.05) is 45.3 Å². The van der Waals surface area contributed by atoms with Crippen LogP contribution < -0.4 is 10.6 Å². The van der Waals surface area contributed by atoms with Crippen LogP contribution in [-0.4, -0.2) is 45.5 Å². The number of nitrogens with zero attached hydrogens (tertiary/aromatic N) is 2. The standard InChI is InChI=1S/C12H23N3O2S/c1-10-11(9-13)18-12(14-10)15(6-8-17-3)5-4-7-16-2/h4-9,13H2,1-3H3. The fourth-order valence-electron chi connectivity index (χ4n) is 1.64. The quantitative estimate of drug-likeness (QED) is 0.689. The van der Waals surface area contributed by atoms with E-state index in [-0.39, 0.29) is 0 Å². The number of ether oxygens (including phenoxy) is 2. The number of rotatable bonds is 9. The highest BCUT2D eigenvalue weighted by molar-refractivity contribution is 7.15. The molecule has 0 fully saturated rings. The Balaban J connectivity index is 2.66. The van der Waals surface area contributed by atoms with Crippen molar-refractivity contribution >= 4 is 16.5 Å². The number of anilines is 1. The first-order chi connectivity index (χ1) is 8.72. The zero-order chi connectivity index (χ0) is 13.4. The summed E-state index contributed by atoms with van der Waals surface area (Å²) in [6.45, 7) is 5.79. The summed E-state index contributed by atoms with van der Waals surface area (Å²) in [7, 11) is 3.44. The van der Waals surface area contributed by atoms with Crippen molar-refractivity contribution in [1.29, 1.82) is 0 Å². The van der Waals surface area contributed by atoms with E-state index in [1.807, 2.05) is 6.92 Å². The smallest absolute Gasteiger partial charge is 0.185 e. The van der Waals surface area contributed by atoms with Crippen molar-refractivity contribution in [3.8, 4) is 0 Å². The number of hydrogen-bond donors (Lipinski definition) is 1. The van der Waals surface area contributed by atoms with Gasteiger partial charge in [0.2, 0.25) is 0 Å². The molecule has 0 spiro atoms. The van der Waals surface area contributed by atoms with Crippen LogP contribution in [0.3, 0.4) is 0 Å². The van der Waals surface area contributed by atoms with Gasteiger partial charge in [-0.15, -0.1) is 11.3 Å². The average Bonchev–Trinajstić information content (AvgIpc) is 2.75. The number of nitrogens with two attached hydrogens (primary N) is 1. The Morgan fingerprint density at radius 1 is 1.22 bits per heavy atom. The molecular weight excluding hydrogens is 250 g/mol. The summed E-state index contributed by atoms with van der Waals surface area (Å²) in [6, 6.07) is 0. The van der Waals surface area contributed by atoms with Gasteiger partial charge in [-0.25, -0.2) is 4.98 Å². The van der Waals surface area contributed by atoms with Gasteiger partial charge in [-0.3, -0.25) is 0 Å². The van der Waals surface area contributed by atoms with Crippen molar-refractivity contribution in [2.24, 2.45) is 5.73 Å². The van der Waals surface area contributed by atoms with Crippen LogP contribution in [0, 0.1) is 6.92 Å². The highest BCUT2D eigenvalue weighted by Gasteiger charge is 2.13. The number of aryl methyl sites for hydroxylation is 1. The molecule has 0 atom stereocenters. The van der Waals surface area contributed by atoms with Gasteiger partial charge in [0.1, 0.15) is 0 Å². The van der Waals surface area contributed by atoms with Gasteiger partial charge in [0.05, 0.1) is 12.3 Å². The fraction of sp³-hybridized carbons (Fsp3) is 0.750. The van der Waals surface area contributed by atoms with Gasteiger partial charge >= 0.3 is 0 Å². The Kier molecular flexibility index (Phi) is 7.19. The molecule has 0 saturated heterocycles. The molecule has 0 aromatic carbocycles. The maximum atomic E-state index is 5.69. The van der Waals surface area contributed by atoms with Gasteiger partial charge in [-0.2, -0.15) is 0 Å². The van der Waals surface area contributed by atoms with Crippen molar-refractivity contribution < 1.29 is 9.47 Å². The summed E-state index contributed by atoms with van der Waals surface area (Å²) in [5, 5.41) is 1.03. The Morgan fingerprint density at radius 2 is 1.94 bits per heavy atom. The van der Waals surface area contributed by atoms with Gasteiger partial charge in [-0.1, -0.05) is 0 Å². The molecular formula is C12H23N3O2S. The Labute approximate surface area is 113 Å². The molecule has 2 N–H and O–H groups in total. The molecule has 1 heterocycles. The van der Waals surface area contributed by atoms with Crippen LogP contribution in [0.4, 0.5) is 5.13 Å². The van der Waals surface area contributed by atoms with Gasteiger partial charge in [0.25, 0.3) is 0 Å². The van der Waals surface area contributed by atoms with Crippen molar-refractivity contribution in [1.82, 2.24) is 4.98 Å². The second-order valence-corrected chi connectivity index (χ2v) is 5.10. The largest absolute Gasteiger partial charge is 0.385 e. The van der Waals surface area contributed by atoms with Gasteiger partial charge in [-0.05, 0) is 13.3 Å². The third-order valence-corrected chi connectivity index (χ3v) is 3.92. The van der Waals surface area contributed by atoms with Crippen molar-refractivity contribution in [2.75, 3.05) is 45.4 Å². The molecule has 6 heteroatoms. The molecule has 0 aliphatic heterocycles. The molecule has 18 heavy (non-hydrogen) atoms. The van der Waals surface area contributed by atoms with E-state index < -0.39 is 0 Å². The predicted molar refractivity (Wildman–Crippen MR) is 75.3 cm³/mol. The molecule has 1 aromatic rings. The van der Waals surface area contributed by atoms with Crippen molar-refractivity contribution in [3.05, 3.63) is 10.6 Å². The summed E-state index contributed by atoms with van der Waals surface area (Å²) in [5.74, 6) is 0. The Bertz CT molecular complexity index is 344. The number of hydrogen-bond acceptors (Lipinski definition) is 6. The van der Waals surface area contributed by atoms with Crippen LogP contribution >= 0.6 is 11.3 Å². The van der Waals surface area contributed by atoms with E-state index in [2.05, 4.69) is 9.88 Å². The summed E-state index contributed by atoms with van der Waals surface area (Å²) in [6.07, 6.45) is 0.983. The lowest BCUT2D eigenvalue weighted by molar-refractivity contribution is 0.191. The van der Waals surface area contributed by atoms with Crippen LogP contribution in [0.15, 0.2) is 0 Å². The van der Waals surface area contributed by atoms with Crippen LogP contribution in [0.5, 0.6) is 0 Å². The van der Waals surface area contributed by atoms with Crippen LogP contribution in [0.2, 0.25) is 0 Å². The van der Waals surface area contributed by atoms with E-state index in [0.717, 1.165) is 41.8 Å². The van der Waals surface area contributed by atoms with Crippen LogP contribution in [0.1, 0.15) is 17.0 Å². The zero-order valence-corrected chi connectivity index (χ0v) is 12.3. The average molecular weight is 273 g/mol. The van der Waals surface area contributed by atoms with E-state index >= 15 is 0 Å². The van der Waals surface area contributed by atoms with Crippen LogP contribution in [0.25, 0.3) is 0 Å². The topological polar surface area (TPSA) is 60.6 Å². The van der Waals surface area contributed by atoms with Crippen LogP contribution in [-0.2, 0) is 16.0 Å². The van der Waals surface area contributed by atoms with E-state index in [1.54, 1.807) is 25.6 Å². The van der Waals surface area contributed by atoms with Gasteiger partial charge < -0.3 is 20.1 Å². The number of methoxy groups -OCH3 is 2. The summed E-state index contributed by atoms with van der Waals surface area (Å²) in [4.78, 5) is 7.97. The molecule has 0 unspecified atom stereocenters. The van der Waals surface area contributed by atoms with Gasteiger partial charge in [0.15, 0.2) is 5.13 Å². The summed E-state index contributed by atoms with van der Waals surface area (Å²) >= 11 is 1.67. The Morgan fingerprint density at radius 3 is 2.50 bits per heavy atom. The minimum absolute atomic E-state index is 0.555. The second-order valence-electron chi connectivity index (χ2n) is 4.04. The highest BCUT2D eigenvalue weighted by atomic mass is 32.1. The molecule has 1 aromatic heterocycles.